The lowest BCUT2D eigenvalue weighted by Gasteiger charge is -2.14. The summed E-state index contributed by atoms with van der Waals surface area (Å²) in [6, 6.07) is 9.13. The summed E-state index contributed by atoms with van der Waals surface area (Å²) in [5.74, 6) is -1.37. The number of rotatable bonds is 6. The van der Waals surface area contributed by atoms with E-state index in [1.165, 1.54) is 37.4 Å². The molecular weight excluding hydrogens is 380 g/mol. The first-order chi connectivity index (χ1) is 12.2. The van der Waals surface area contributed by atoms with E-state index in [0.717, 1.165) is 6.26 Å². The number of ether oxygens (including phenoxy) is 1. The number of carbonyl (C=O) groups is 2. The smallest absolute Gasteiger partial charge is 0.338 e. The SMILES string of the molecule is C[C@H](OC(=O)c1ccc(CS(C)(=O)=O)cc1)C(=O)Nc1cccnc1Cl. The number of anilines is 1. The molecule has 2 aromatic rings. The second-order valence-electron chi connectivity index (χ2n) is 5.65. The maximum atomic E-state index is 12.1. The first kappa shape index (κ1) is 19.9. The molecule has 26 heavy (non-hydrogen) atoms. The van der Waals surface area contributed by atoms with Crippen LogP contribution in [0.4, 0.5) is 5.69 Å². The Morgan fingerprint density at radius 1 is 1.23 bits per heavy atom. The zero-order chi connectivity index (χ0) is 19.3. The van der Waals surface area contributed by atoms with Crippen molar-refractivity contribution in [3.05, 3.63) is 58.9 Å². The van der Waals surface area contributed by atoms with Gasteiger partial charge in [-0.05, 0) is 36.8 Å². The summed E-state index contributed by atoms with van der Waals surface area (Å²) in [6.45, 7) is 1.43. The van der Waals surface area contributed by atoms with Crippen molar-refractivity contribution >= 4 is 39.0 Å². The molecule has 0 saturated heterocycles. The van der Waals surface area contributed by atoms with Crippen LogP contribution in [0.1, 0.15) is 22.8 Å². The molecule has 0 unspecified atom stereocenters. The standard InChI is InChI=1S/C17H17ClN2O5S/c1-11(16(21)20-14-4-3-9-19-15(14)18)25-17(22)13-7-5-12(6-8-13)10-26(2,23)24/h3-9,11H,10H2,1-2H3,(H,20,21)/t11-/m0/s1. The molecule has 2 rings (SSSR count). The number of amides is 1. The Kier molecular flexibility index (Phi) is 6.33. The number of aromatic nitrogens is 1. The normalized spacial score (nSPS) is 12.3. The van der Waals surface area contributed by atoms with Gasteiger partial charge in [0.1, 0.15) is 0 Å². The summed E-state index contributed by atoms with van der Waals surface area (Å²) in [4.78, 5) is 28.1. The molecule has 1 heterocycles. The number of sulfone groups is 1. The maximum Gasteiger partial charge on any atom is 0.338 e. The average molecular weight is 397 g/mol. The van der Waals surface area contributed by atoms with Crippen molar-refractivity contribution in [2.45, 2.75) is 18.8 Å². The lowest BCUT2D eigenvalue weighted by Crippen LogP contribution is -2.30. The highest BCUT2D eigenvalue weighted by Crippen LogP contribution is 2.18. The van der Waals surface area contributed by atoms with E-state index in [4.69, 9.17) is 16.3 Å². The molecule has 1 atom stereocenters. The van der Waals surface area contributed by atoms with Gasteiger partial charge in [-0.1, -0.05) is 23.7 Å². The van der Waals surface area contributed by atoms with Crippen molar-refractivity contribution < 1.29 is 22.7 Å². The van der Waals surface area contributed by atoms with Gasteiger partial charge in [-0.2, -0.15) is 0 Å². The monoisotopic (exact) mass is 396 g/mol. The van der Waals surface area contributed by atoms with Crippen molar-refractivity contribution in [2.75, 3.05) is 11.6 Å². The maximum absolute atomic E-state index is 12.1. The number of hydrogen-bond acceptors (Lipinski definition) is 6. The van der Waals surface area contributed by atoms with E-state index in [9.17, 15) is 18.0 Å². The highest BCUT2D eigenvalue weighted by atomic mass is 35.5. The van der Waals surface area contributed by atoms with Crippen molar-refractivity contribution in [1.82, 2.24) is 4.98 Å². The van der Waals surface area contributed by atoms with Crippen molar-refractivity contribution in [3.8, 4) is 0 Å². The minimum atomic E-state index is -3.16. The van der Waals surface area contributed by atoms with Gasteiger partial charge in [0, 0.05) is 12.5 Å². The van der Waals surface area contributed by atoms with Crippen LogP contribution in [0, 0.1) is 0 Å². The average Bonchev–Trinajstić information content (AvgIpc) is 2.56. The van der Waals surface area contributed by atoms with Crippen molar-refractivity contribution in [2.24, 2.45) is 0 Å². The molecule has 1 aromatic heterocycles. The molecule has 7 nitrogen and oxygen atoms in total. The van der Waals surface area contributed by atoms with Crippen LogP contribution in [0.25, 0.3) is 0 Å². The largest absolute Gasteiger partial charge is 0.449 e. The third-order valence-electron chi connectivity index (χ3n) is 3.29. The van der Waals surface area contributed by atoms with Gasteiger partial charge in [0.25, 0.3) is 5.91 Å². The number of halogens is 1. The number of esters is 1. The van der Waals surface area contributed by atoms with E-state index in [0.29, 0.717) is 11.3 Å². The predicted molar refractivity (Wildman–Crippen MR) is 97.7 cm³/mol. The molecule has 0 bridgehead atoms. The van der Waals surface area contributed by atoms with Crippen LogP contribution in [0.2, 0.25) is 5.15 Å². The summed E-state index contributed by atoms with van der Waals surface area (Å²) < 4.78 is 27.6. The number of nitrogens with one attached hydrogen (secondary N) is 1. The fraction of sp³-hybridized carbons (Fsp3) is 0.235. The van der Waals surface area contributed by atoms with E-state index in [1.54, 1.807) is 12.1 Å². The quantitative estimate of drug-likeness (QED) is 0.594. The van der Waals surface area contributed by atoms with Crippen LogP contribution in [0.3, 0.4) is 0 Å². The highest BCUT2D eigenvalue weighted by Gasteiger charge is 2.20. The molecule has 1 N–H and O–H groups in total. The minimum absolute atomic E-state index is 0.118. The molecule has 9 heteroatoms. The molecule has 1 amide bonds. The predicted octanol–water partition coefficient (Wildman–Crippen LogP) is 2.46. The summed E-state index contributed by atoms with van der Waals surface area (Å²) in [5, 5.41) is 2.65. The Morgan fingerprint density at radius 2 is 1.88 bits per heavy atom. The zero-order valence-corrected chi connectivity index (χ0v) is 15.7. The summed E-state index contributed by atoms with van der Waals surface area (Å²) in [5.41, 5.74) is 1.08. The third-order valence-corrected chi connectivity index (χ3v) is 4.45. The number of pyridine rings is 1. The first-order valence-corrected chi connectivity index (χ1v) is 9.98. The van der Waals surface area contributed by atoms with Gasteiger partial charge in [-0.3, -0.25) is 4.79 Å². The van der Waals surface area contributed by atoms with E-state index in [-0.39, 0.29) is 16.5 Å². The third kappa shape index (κ3) is 5.82. The second kappa shape index (κ2) is 8.29. The molecule has 0 fully saturated rings. The van der Waals surface area contributed by atoms with Gasteiger partial charge >= 0.3 is 5.97 Å². The van der Waals surface area contributed by atoms with Crippen LogP contribution < -0.4 is 5.32 Å². The molecule has 0 saturated carbocycles. The number of benzene rings is 1. The molecule has 1 aromatic carbocycles. The fourth-order valence-corrected chi connectivity index (χ4v) is 3.00. The van der Waals surface area contributed by atoms with E-state index < -0.39 is 27.8 Å². The molecule has 138 valence electrons. The summed E-state index contributed by atoms with van der Waals surface area (Å²) in [7, 11) is -3.16. The van der Waals surface area contributed by atoms with Gasteiger partial charge in [-0.25, -0.2) is 18.2 Å². The zero-order valence-electron chi connectivity index (χ0n) is 14.1. The minimum Gasteiger partial charge on any atom is -0.449 e. The Hall–Kier alpha value is -2.45. The highest BCUT2D eigenvalue weighted by molar-refractivity contribution is 7.89. The number of nitrogens with zero attached hydrogens (tertiary/aromatic N) is 1. The van der Waals surface area contributed by atoms with Crippen molar-refractivity contribution in [3.63, 3.8) is 0 Å². The van der Waals surface area contributed by atoms with Gasteiger partial charge in [0.15, 0.2) is 21.1 Å². The van der Waals surface area contributed by atoms with Gasteiger partial charge < -0.3 is 10.1 Å². The van der Waals surface area contributed by atoms with Crippen LogP contribution in [-0.4, -0.2) is 37.6 Å². The Labute approximate surface area is 156 Å². The van der Waals surface area contributed by atoms with Crippen LogP contribution in [0.15, 0.2) is 42.6 Å². The molecule has 0 radical (unpaired) electrons. The molecule has 0 aliphatic heterocycles. The number of hydrogen-bond donors (Lipinski definition) is 1. The van der Waals surface area contributed by atoms with Crippen molar-refractivity contribution in [1.29, 1.82) is 0 Å². The van der Waals surface area contributed by atoms with Crippen LogP contribution >= 0.6 is 11.6 Å². The lowest BCUT2D eigenvalue weighted by molar-refractivity contribution is -0.123. The first-order valence-electron chi connectivity index (χ1n) is 7.55. The Bertz CT molecular complexity index is 913. The molecular formula is C17H17ClN2O5S. The lowest BCUT2D eigenvalue weighted by atomic mass is 10.1. The fourth-order valence-electron chi connectivity index (χ4n) is 2.04. The number of carbonyl (C=O) groups excluding carboxylic acids is 2. The van der Waals surface area contributed by atoms with Crippen LogP contribution in [-0.2, 0) is 25.1 Å². The molecule has 0 aliphatic rings. The van der Waals surface area contributed by atoms with E-state index >= 15 is 0 Å². The summed E-state index contributed by atoms with van der Waals surface area (Å²) >= 11 is 5.86. The van der Waals surface area contributed by atoms with Crippen LogP contribution in [0.5, 0.6) is 0 Å². The van der Waals surface area contributed by atoms with Gasteiger partial charge in [-0.15, -0.1) is 0 Å². The second-order valence-corrected chi connectivity index (χ2v) is 8.14. The van der Waals surface area contributed by atoms with Gasteiger partial charge in [0.05, 0.1) is 17.0 Å². The Balaban J connectivity index is 1.98. The summed E-state index contributed by atoms with van der Waals surface area (Å²) in [6.07, 6.45) is 1.55. The molecule has 0 spiro atoms. The van der Waals surface area contributed by atoms with Gasteiger partial charge in [0.2, 0.25) is 0 Å². The van der Waals surface area contributed by atoms with E-state index in [2.05, 4.69) is 10.3 Å². The van der Waals surface area contributed by atoms with E-state index in [1.807, 2.05) is 0 Å². The topological polar surface area (TPSA) is 102 Å². The Morgan fingerprint density at radius 3 is 2.46 bits per heavy atom. The molecule has 0 aliphatic carbocycles.